The third-order valence-corrected chi connectivity index (χ3v) is 2.00. The average molecular weight is 262 g/mol. The summed E-state index contributed by atoms with van der Waals surface area (Å²) in [7, 11) is 0. The van der Waals surface area contributed by atoms with Crippen LogP contribution in [-0.4, -0.2) is 36.0 Å². The van der Waals surface area contributed by atoms with Crippen molar-refractivity contribution in [1.82, 2.24) is 0 Å². The van der Waals surface area contributed by atoms with Crippen LogP contribution in [0.1, 0.15) is 59.8 Å². The van der Waals surface area contributed by atoms with Crippen molar-refractivity contribution in [2.24, 2.45) is 5.41 Å². The van der Waals surface area contributed by atoms with Gasteiger partial charge in [-0.2, -0.15) is 0 Å². The highest BCUT2D eigenvalue weighted by Gasteiger charge is 2.13. The molecule has 0 aliphatic carbocycles. The highest BCUT2D eigenvalue weighted by atomic mass is 16.5. The zero-order chi connectivity index (χ0) is 14.4. The number of aliphatic hydroxyl groups is 2. The van der Waals surface area contributed by atoms with Gasteiger partial charge in [0, 0.05) is 6.42 Å². The first-order valence-electron chi connectivity index (χ1n) is 6.74. The van der Waals surface area contributed by atoms with E-state index in [2.05, 4.69) is 27.7 Å². The zero-order valence-electron chi connectivity index (χ0n) is 12.4. The maximum absolute atomic E-state index is 11.2. The molecule has 110 valence electrons. The number of unbranched alkanes of at least 4 members (excludes halogenated alkanes) is 3. The first-order valence-corrected chi connectivity index (χ1v) is 6.74. The number of ether oxygens (including phenoxy) is 1. The third-order valence-electron chi connectivity index (χ3n) is 2.00. The second-order valence-corrected chi connectivity index (χ2v) is 5.48. The zero-order valence-corrected chi connectivity index (χ0v) is 12.4. The molecule has 0 saturated carbocycles. The van der Waals surface area contributed by atoms with Gasteiger partial charge in [-0.3, -0.25) is 4.79 Å². The lowest BCUT2D eigenvalue weighted by molar-refractivity contribution is -0.146. The molecule has 0 bridgehead atoms. The Labute approximate surface area is 111 Å². The molecule has 4 heteroatoms. The molecular formula is C14H30O4. The van der Waals surface area contributed by atoms with Gasteiger partial charge in [0.15, 0.2) is 0 Å². The van der Waals surface area contributed by atoms with Gasteiger partial charge >= 0.3 is 5.97 Å². The van der Waals surface area contributed by atoms with Gasteiger partial charge in [0.05, 0.1) is 19.8 Å². The van der Waals surface area contributed by atoms with E-state index in [1.54, 1.807) is 0 Å². The van der Waals surface area contributed by atoms with Crippen LogP contribution >= 0.6 is 0 Å². The normalized spacial score (nSPS) is 10.6. The minimum absolute atomic E-state index is 0.0453. The van der Waals surface area contributed by atoms with E-state index in [1.807, 2.05) is 0 Å². The van der Waals surface area contributed by atoms with Crippen LogP contribution < -0.4 is 0 Å². The minimum Gasteiger partial charge on any atom is -0.465 e. The fourth-order valence-electron chi connectivity index (χ4n) is 1.07. The molecule has 0 aromatic heterocycles. The molecule has 0 rings (SSSR count). The SMILES string of the molecule is CCCCCCC(=O)OCC(C)(C)C.OCCO. The van der Waals surface area contributed by atoms with Crippen molar-refractivity contribution in [2.75, 3.05) is 19.8 Å². The van der Waals surface area contributed by atoms with E-state index in [9.17, 15) is 4.79 Å². The summed E-state index contributed by atoms with van der Waals surface area (Å²) in [5.41, 5.74) is 0.0824. The Hall–Kier alpha value is -0.610. The predicted molar refractivity (Wildman–Crippen MR) is 73.3 cm³/mol. The van der Waals surface area contributed by atoms with Crippen molar-refractivity contribution in [3.63, 3.8) is 0 Å². The van der Waals surface area contributed by atoms with Gasteiger partial charge in [-0.05, 0) is 11.8 Å². The van der Waals surface area contributed by atoms with Crippen LogP contribution in [0.25, 0.3) is 0 Å². The largest absolute Gasteiger partial charge is 0.465 e. The summed E-state index contributed by atoms with van der Waals surface area (Å²) >= 11 is 0. The highest BCUT2D eigenvalue weighted by Crippen LogP contribution is 2.13. The van der Waals surface area contributed by atoms with Crippen LogP contribution in [0, 0.1) is 5.41 Å². The van der Waals surface area contributed by atoms with E-state index < -0.39 is 0 Å². The molecule has 0 unspecified atom stereocenters. The lowest BCUT2D eigenvalue weighted by atomic mass is 9.99. The number of carbonyl (C=O) groups is 1. The molecule has 0 radical (unpaired) electrons. The molecule has 4 nitrogen and oxygen atoms in total. The Bertz CT molecular complexity index is 183. The first kappa shape index (κ1) is 19.7. The van der Waals surface area contributed by atoms with Gasteiger partial charge in [0.25, 0.3) is 0 Å². The second kappa shape index (κ2) is 12.8. The van der Waals surface area contributed by atoms with E-state index in [4.69, 9.17) is 14.9 Å². The Morgan fingerprint density at radius 1 is 1.06 bits per heavy atom. The van der Waals surface area contributed by atoms with Gasteiger partial charge in [-0.15, -0.1) is 0 Å². The van der Waals surface area contributed by atoms with E-state index >= 15 is 0 Å². The summed E-state index contributed by atoms with van der Waals surface area (Å²) in [6.07, 6.45) is 5.11. The van der Waals surface area contributed by atoms with Crippen LogP contribution in [0.3, 0.4) is 0 Å². The van der Waals surface area contributed by atoms with Gasteiger partial charge in [-0.1, -0.05) is 47.0 Å². The number of carbonyl (C=O) groups excluding carboxylic acids is 1. The quantitative estimate of drug-likeness (QED) is 0.546. The van der Waals surface area contributed by atoms with Crippen molar-refractivity contribution < 1.29 is 19.7 Å². The summed E-state index contributed by atoms with van der Waals surface area (Å²) in [5, 5.41) is 15.2. The standard InChI is InChI=1S/C12H24O2.C2H6O2/c1-5-6-7-8-9-11(13)14-10-12(2,3)4;3-1-2-4/h5-10H2,1-4H3;3-4H,1-2H2. The molecule has 0 aliphatic heterocycles. The summed E-state index contributed by atoms with van der Waals surface area (Å²) in [6, 6.07) is 0. The smallest absolute Gasteiger partial charge is 0.305 e. The maximum Gasteiger partial charge on any atom is 0.305 e. The van der Waals surface area contributed by atoms with Crippen LogP contribution in [0.15, 0.2) is 0 Å². The van der Waals surface area contributed by atoms with E-state index in [-0.39, 0.29) is 24.6 Å². The van der Waals surface area contributed by atoms with Crippen LogP contribution in [-0.2, 0) is 9.53 Å². The molecule has 0 fully saturated rings. The monoisotopic (exact) mass is 262 g/mol. The van der Waals surface area contributed by atoms with E-state index in [0.29, 0.717) is 13.0 Å². The van der Waals surface area contributed by atoms with Crippen molar-refractivity contribution in [1.29, 1.82) is 0 Å². The highest BCUT2D eigenvalue weighted by molar-refractivity contribution is 5.69. The Morgan fingerprint density at radius 3 is 2.00 bits per heavy atom. The predicted octanol–water partition coefficient (Wildman–Crippen LogP) is 2.52. The first-order chi connectivity index (χ1) is 8.37. The van der Waals surface area contributed by atoms with Gasteiger partial charge in [0.1, 0.15) is 0 Å². The van der Waals surface area contributed by atoms with Crippen LogP contribution in [0.5, 0.6) is 0 Å². The molecule has 2 N–H and O–H groups in total. The van der Waals surface area contributed by atoms with Gasteiger partial charge < -0.3 is 14.9 Å². The van der Waals surface area contributed by atoms with E-state index in [0.717, 1.165) is 12.8 Å². The summed E-state index contributed by atoms with van der Waals surface area (Å²) < 4.78 is 5.15. The average Bonchev–Trinajstić information content (AvgIpc) is 2.31. The summed E-state index contributed by atoms with van der Waals surface area (Å²) in [4.78, 5) is 11.2. The van der Waals surface area contributed by atoms with Crippen molar-refractivity contribution in [2.45, 2.75) is 59.8 Å². The van der Waals surface area contributed by atoms with Gasteiger partial charge in [0.2, 0.25) is 0 Å². The molecule has 18 heavy (non-hydrogen) atoms. The molecule has 0 heterocycles. The van der Waals surface area contributed by atoms with Crippen molar-refractivity contribution in [3.8, 4) is 0 Å². The molecule has 0 saturated heterocycles. The van der Waals surface area contributed by atoms with E-state index in [1.165, 1.54) is 12.8 Å². The van der Waals surface area contributed by atoms with Crippen LogP contribution in [0.2, 0.25) is 0 Å². The number of rotatable bonds is 7. The number of aliphatic hydroxyl groups excluding tert-OH is 2. The molecule has 0 atom stereocenters. The third kappa shape index (κ3) is 20.8. The number of esters is 1. The van der Waals surface area contributed by atoms with Crippen LogP contribution in [0.4, 0.5) is 0 Å². The maximum atomic E-state index is 11.2. The molecule has 0 amide bonds. The number of hydrogen-bond donors (Lipinski definition) is 2. The summed E-state index contributed by atoms with van der Waals surface area (Å²) in [5.74, 6) is -0.0453. The summed E-state index contributed by atoms with van der Waals surface area (Å²) in [6.45, 7) is 8.64. The fraction of sp³-hybridized carbons (Fsp3) is 0.929. The topological polar surface area (TPSA) is 66.8 Å². The fourth-order valence-corrected chi connectivity index (χ4v) is 1.07. The Kier molecular flexibility index (Phi) is 14.1. The molecule has 0 spiro atoms. The molecule has 0 aromatic rings. The Balaban J connectivity index is 0. The minimum atomic E-state index is -0.125. The lowest BCUT2D eigenvalue weighted by Gasteiger charge is -2.17. The molecular weight excluding hydrogens is 232 g/mol. The molecule has 0 aliphatic rings. The molecule has 0 aromatic carbocycles. The van der Waals surface area contributed by atoms with Crippen molar-refractivity contribution >= 4 is 5.97 Å². The van der Waals surface area contributed by atoms with Gasteiger partial charge in [-0.25, -0.2) is 0 Å². The Morgan fingerprint density at radius 2 is 1.61 bits per heavy atom. The number of hydrogen-bond acceptors (Lipinski definition) is 4. The van der Waals surface area contributed by atoms with Crippen molar-refractivity contribution in [3.05, 3.63) is 0 Å². The lowest BCUT2D eigenvalue weighted by Crippen LogP contribution is -2.18. The second-order valence-electron chi connectivity index (χ2n) is 5.48.